The number of hydrogen-bond acceptors (Lipinski definition) is 5. The lowest BCUT2D eigenvalue weighted by Crippen LogP contribution is -2.43. The zero-order valence-corrected chi connectivity index (χ0v) is 15.7. The van der Waals surface area contributed by atoms with Crippen LogP contribution in [0.5, 0.6) is 0 Å². The fourth-order valence-corrected chi connectivity index (χ4v) is 3.18. The molecule has 6 nitrogen and oxygen atoms in total. The van der Waals surface area contributed by atoms with Gasteiger partial charge in [-0.05, 0) is 32.9 Å². The second-order valence-electron chi connectivity index (χ2n) is 7.53. The van der Waals surface area contributed by atoms with Gasteiger partial charge >= 0.3 is 0 Å². The van der Waals surface area contributed by atoms with Gasteiger partial charge in [0.2, 0.25) is 0 Å². The van der Waals surface area contributed by atoms with E-state index in [4.69, 9.17) is 4.74 Å². The van der Waals surface area contributed by atoms with Crippen molar-refractivity contribution in [1.29, 1.82) is 0 Å². The lowest BCUT2D eigenvalue weighted by molar-refractivity contribution is 0.0192. The van der Waals surface area contributed by atoms with E-state index in [9.17, 15) is 9.50 Å². The fourth-order valence-electron chi connectivity index (χ4n) is 3.18. The van der Waals surface area contributed by atoms with Gasteiger partial charge in [0.05, 0.1) is 25.4 Å². The lowest BCUT2D eigenvalue weighted by atomic mass is 10.1. The normalized spacial score (nSPS) is 17.4. The van der Waals surface area contributed by atoms with Gasteiger partial charge in [0.15, 0.2) is 5.82 Å². The molecule has 2 aromatic rings. The minimum Gasteiger partial charge on any atom is -0.389 e. The van der Waals surface area contributed by atoms with Crippen LogP contribution in [0.25, 0.3) is 11.4 Å². The first kappa shape index (κ1) is 18.9. The Bertz CT molecular complexity index is 735. The Balaban J connectivity index is 1.86. The molecule has 0 radical (unpaired) electrons. The Morgan fingerprint density at radius 2 is 2.04 bits per heavy atom. The van der Waals surface area contributed by atoms with Gasteiger partial charge in [-0.1, -0.05) is 12.1 Å². The summed E-state index contributed by atoms with van der Waals surface area (Å²) < 4.78 is 20.7. The fraction of sp³-hybridized carbons (Fsp3) is 0.579. The lowest BCUT2D eigenvalue weighted by Gasteiger charge is -2.32. The zero-order valence-electron chi connectivity index (χ0n) is 15.7. The Hall–Kier alpha value is -1.83. The van der Waals surface area contributed by atoms with Crippen LogP contribution in [0.3, 0.4) is 0 Å². The van der Waals surface area contributed by atoms with Crippen LogP contribution in [-0.2, 0) is 17.7 Å². The summed E-state index contributed by atoms with van der Waals surface area (Å²) in [4.78, 5) is 7.03. The predicted molar refractivity (Wildman–Crippen MR) is 97.3 cm³/mol. The van der Waals surface area contributed by atoms with Gasteiger partial charge in [0, 0.05) is 31.1 Å². The first-order valence-corrected chi connectivity index (χ1v) is 9.06. The van der Waals surface area contributed by atoms with Crippen LogP contribution in [0.15, 0.2) is 24.3 Å². The van der Waals surface area contributed by atoms with E-state index in [0.717, 1.165) is 32.1 Å². The average molecular weight is 362 g/mol. The van der Waals surface area contributed by atoms with Crippen molar-refractivity contribution in [2.45, 2.75) is 45.4 Å². The van der Waals surface area contributed by atoms with Crippen LogP contribution in [-0.4, -0.2) is 62.7 Å². The molecule has 1 saturated heterocycles. The SMILES string of the molecule is CC(Cc1nc(-c2cccc(F)c2)nn1CC(C)(C)O)N1CCOCC1. The van der Waals surface area contributed by atoms with Crippen LogP contribution in [0, 0.1) is 5.82 Å². The molecule has 1 unspecified atom stereocenters. The highest BCUT2D eigenvalue weighted by atomic mass is 19.1. The predicted octanol–water partition coefficient (Wildman–Crippen LogP) is 2.12. The first-order valence-electron chi connectivity index (χ1n) is 9.06. The summed E-state index contributed by atoms with van der Waals surface area (Å²) in [5, 5.41) is 14.8. The minimum absolute atomic E-state index is 0.281. The van der Waals surface area contributed by atoms with E-state index in [1.54, 1.807) is 30.7 Å². The molecule has 0 bridgehead atoms. The third-order valence-electron chi connectivity index (χ3n) is 4.51. The molecule has 3 rings (SSSR count). The first-order chi connectivity index (χ1) is 12.3. The van der Waals surface area contributed by atoms with Gasteiger partial charge in [-0.3, -0.25) is 4.90 Å². The summed E-state index contributed by atoms with van der Waals surface area (Å²) in [6, 6.07) is 6.56. The molecule has 26 heavy (non-hydrogen) atoms. The Morgan fingerprint density at radius 1 is 1.31 bits per heavy atom. The maximum Gasteiger partial charge on any atom is 0.181 e. The molecule has 142 valence electrons. The van der Waals surface area contributed by atoms with Gasteiger partial charge in [-0.15, -0.1) is 0 Å². The number of nitrogens with zero attached hydrogens (tertiary/aromatic N) is 4. The number of morpholine rings is 1. The summed E-state index contributed by atoms with van der Waals surface area (Å²) >= 11 is 0. The summed E-state index contributed by atoms with van der Waals surface area (Å²) in [6.07, 6.45) is 0.707. The third kappa shape index (κ3) is 4.87. The monoisotopic (exact) mass is 362 g/mol. The third-order valence-corrected chi connectivity index (χ3v) is 4.51. The van der Waals surface area contributed by atoms with Crippen molar-refractivity contribution < 1.29 is 14.2 Å². The van der Waals surface area contributed by atoms with Crippen molar-refractivity contribution in [3.63, 3.8) is 0 Å². The summed E-state index contributed by atoms with van der Waals surface area (Å²) in [6.45, 7) is 9.27. The van der Waals surface area contributed by atoms with Crippen LogP contribution >= 0.6 is 0 Å². The molecule has 0 amide bonds. The maximum atomic E-state index is 13.6. The van der Waals surface area contributed by atoms with E-state index in [2.05, 4.69) is 21.9 Å². The molecule has 1 aliphatic heterocycles. The molecule has 1 atom stereocenters. The second kappa shape index (κ2) is 7.82. The number of ether oxygens (including phenoxy) is 1. The van der Waals surface area contributed by atoms with Gasteiger partial charge in [-0.2, -0.15) is 5.10 Å². The molecule has 0 aliphatic carbocycles. The van der Waals surface area contributed by atoms with Crippen molar-refractivity contribution in [3.05, 3.63) is 35.9 Å². The summed E-state index contributed by atoms with van der Waals surface area (Å²) in [5.41, 5.74) is -0.274. The average Bonchev–Trinajstić information content (AvgIpc) is 2.96. The van der Waals surface area contributed by atoms with Crippen molar-refractivity contribution in [3.8, 4) is 11.4 Å². The maximum absolute atomic E-state index is 13.6. The quantitative estimate of drug-likeness (QED) is 0.853. The number of halogens is 1. The van der Waals surface area contributed by atoms with Gasteiger partial charge in [0.25, 0.3) is 0 Å². The number of hydrogen-bond donors (Lipinski definition) is 1. The van der Waals surface area contributed by atoms with Crippen LogP contribution in [0.4, 0.5) is 4.39 Å². The minimum atomic E-state index is -0.913. The molecular weight excluding hydrogens is 335 g/mol. The van der Waals surface area contributed by atoms with Crippen LogP contribution < -0.4 is 0 Å². The van der Waals surface area contributed by atoms with E-state index in [1.165, 1.54) is 12.1 Å². The smallest absolute Gasteiger partial charge is 0.181 e. The van der Waals surface area contributed by atoms with E-state index >= 15 is 0 Å². The van der Waals surface area contributed by atoms with E-state index in [0.29, 0.717) is 24.4 Å². The number of rotatable bonds is 6. The van der Waals surface area contributed by atoms with E-state index in [-0.39, 0.29) is 11.9 Å². The molecule has 1 aromatic carbocycles. The standard InChI is InChI=1S/C19H27FN4O2/c1-14(23-7-9-26-10-8-23)11-17-21-18(15-5-4-6-16(20)12-15)22-24(17)13-19(2,3)25/h4-6,12,14,25H,7-11,13H2,1-3H3. The van der Waals surface area contributed by atoms with Gasteiger partial charge in [0.1, 0.15) is 11.6 Å². The second-order valence-corrected chi connectivity index (χ2v) is 7.53. The molecular formula is C19H27FN4O2. The van der Waals surface area contributed by atoms with Gasteiger partial charge in [-0.25, -0.2) is 14.1 Å². The Kier molecular flexibility index (Phi) is 5.70. The number of aromatic nitrogens is 3. The Labute approximate surface area is 153 Å². The molecule has 2 heterocycles. The van der Waals surface area contributed by atoms with Crippen LogP contribution in [0.1, 0.15) is 26.6 Å². The molecule has 7 heteroatoms. The number of aliphatic hydroxyl groups is 1. The molecule has 1 aromatic heterocycles. The van der Waals surface area contributed by atoms with Crippen molar-refractivity contribution in [1.82, 2.24) is 19.7 Å². The van der Waals surface area contributed by atoms with E-state index < -0.39 is 5.60 Å². The van der Waals surface area contributed by atoms with Crippen molar-refractivity contribution in [2.24, 2.45) is 0 Å². The molecule has 0 saturated carbocycles. The summed E-state index contributed by atoms with van der Waals surface area (Å²) in [5.74, 6) is 0.966. The summed E-state index contributed by atoms with van der Waals surface area (Å²) in [7, 11) is 0. The van der Waals surface area contributed by atoms with Crippen molar-refractivity contribution in [2.75, 3.05) is 26.3 Å². The van der Waals surface area contributed by atoms with Crippen LogP contribution in [0.2, 0.25) is 0 Å². The van der Waals surface area contributed by atoms with Gasteiger partial charge < -0.3 is 9.84 Å². The topological polar surface area (TPSA) is 63.4 Å². The number of benzene rings is 1. The highest BCUT2D eigenvalue weighted by molar-refractivity contribution is 5.54. The highest BCUT2D eigenvalue weighted by Crippen LogP contribution is 2.20. The van der Waals surface area contributed by atoms with Crippen molar-refractivity contribution >= 4 is 0 Å². The van der Waals surface area contributed by atoms with E-state index in [1.807, 2.05) is 0 Å². The molecule has 1 N–H and O–H groups in total. The molecule has 1 aliphatic rings. The highest BCUT2D eigenvalue weighted by Gasteiger charge is 2.23. The zero-order chi connectivity index (χ0) is 18.7. The molecule has 0 spiro atoms. The molecule has 1 fully saturated rings. The Morgan fingerprint density at radius 3 is 2.69 bits per heavy atom. The largest absolute Gasteiger partial charge is 0.389 e.